The standard InChI is InChI=1S/C14H18N2O3S/c17-13(10-3-1-2-6-15-10)16-7-4-11-9(5-8-20-11)12(16)14(18)19/h5,8,10,12,15H,1-4,6-7H2,(H,18,19). The summed E-state index contributed by atoms with van der Waals surface area (Å²) in [4.78, 5) is 26.8. The third-order valence-corrected chi connectivity index (χ3v) is 5.09. The fourth-order valence-corrected chi connectivity index (χ4v) is 3.99. The number of thiophene rings is 1. The van der Waals surface area contributed by atoms with Crippen LogP contribution in [0.15, 0.2) is 11.4 Å². The molecule has 1 aromatic rings. The molecule has 108 valence electrons. The Morgan fingerprint density at radius 1 is 1.40 bits per heavy atom. The molecule has 0 radical (unpaired) electrons. The van der Waals surface area contributed by atoms with E-state index in [2.05, 4.69) is 5.32 Å². The smallest absolute Gasteiger partial charge is 0.331 e. The van der Waals surface area contributed by atoms with E-state index in [4.69, 9.17) is 0 Å². The molecule has 0 aliphatic carbocycles. The van der Waals surface area contributed by atoms with Gasteiger partial charge in [0.15, 0.2) is 6.04 Å². The number of fused-ring (bicyclic) bond motifs is 1. The van der Waals surface area contributed by atoms with E-state index >= 15 is 0 Å². The number of carbonyl (C=O) groups excluding carboxylic acids is 1. The summed E-state index contributed by atoms with van der Waals surface area (Å²) in [5.41, 5.74) is 0.790. The van der Waals surface area contributed by atoms with Crippen molar-refractivity contribution in [2.24, 2.45) is 0 Å². The van der Waals surface area contributed by atoms with Crippen molar-refractivity contribution in [2.75, 3.05) is 13.1 Å². The van der Waals surface area contributed by atoms with E-state index in [1.54, 1.807) is 16.2 Å². The minimum Gasteiger partial charge on any atom is -0.479 e. The molecule has 0 aromatic carbocycles. The number of hydrogen-bond donors (Lipinski definition) is 2. The van der Waals surface area contributed by atoms with Crippen molar-refractivity contribution in [3.63, 3.8) is 0 Å². The van der Waals surface area contributed by atoms with Gasteiger partial charge in [0, 0.05) is 11.4 Å². The van der Waals surface area contributed by atoms with E-state index in [9.17, 15) is 14.7 Å². The van der Waals surface area contributed by atoms with Crippen molar-refractivity contribution >= 4 is 23.2 Å². The lowest BCUT2D eigenvalue weighted by molar-refractivity contribution is -0.152. The predicted octanol–water partition coefficient (Wildman–Crippen LogP) is 1.40. The van der Waals surface area contributed by atoms with Crippen molar-refractivity contribution in [2.45, 2.75) is 37.8 Å². The van der Waals surface area contributed by atoms with Gasteiger partial charge in [-0.05, 0) is 42.8 Å². The number of rotatable bonds is 2. The zero-order valence-electron chi connectivity index (χ0n) is 11.2. The van der Waals surface area contributed by atoms with Crippen molar-refractivity contribution in [3.8, 4) is 0 Å². The number of carbonyl (C=O) groups is 2. The van der Waals surface area contributed by atoms with Crippen LogP contribution in [0.25, 0.3) is 0 Å². The number of nitrogens with zero attached hydrogens (tertiary/aromatic N) is 1. The Balaban J connectivity index is 1.85. The molecular weight excluding hydrogens is 276 g/mol. The van der Waals surface area contributed by atoms with Crippen LogP contribution in [-0.2, 0) is 16.0 Å². The van der Waals surface area contributed by atoms with E-state index in [1.165, 1.54) is 0 Å². The Labute approximate surface area is 121 Å². The van der Waals surface area contributed by atoms with E-state index in [0.29, 0.717) is 6.54 Å². The van der Waals surface area contributed by atoms with Crippen LogP contribution in [0, 0.1) is 0 Å². The number of piperidine rings is 1. The van der Waals surface area contributed by atoms with Gasteiger partial charge < -0.3 is 15.3 Å². The van der Waals surface area contributed by atoms with Gasteiger partial charge in [0.1, 0.15) is 0 Å². The maximum Gasteiger partial charge on any atom is 0.331 e. The largest absolute Gasteiger partial charge is 0.479 e. The monoisotopic (exact) mass is 294 g/mol. The van der Waals surface area contributed by atoms with E-state index < -0.39 is 12.0 Å². The SMILES string of the molecule is O=C(O)C1c2ccsc2CCN1C(=O)C1CCCCN1. The zero-order chi connectivity index (χ0) is 14.1. The van der Waals surface area contributed by atoms with E-state index in [0.717, 1.165) is 42.7 Å². The van der Waals surface area contributed by atoms with Crippen LogP contribution >= 0.6 is 11.3 Å². The first-order valence-electron chi connectivity index (χ1n) is 7.01. The summed E-state index contributed by atoms with van der Waals surface area (Å²) >= 11 is 1.58. The van der Waals surface area contributed by atoms with Crippen LogP contribution in [0.3, 0.4) is 0 Å². The number of hydrogen-bond acceptors (Lipinski definition) is 4. The summed E-state index contributed by atoms with van der Waals surface area (Å²) in [5, 5.41) is 14.6. The Kier molecular flexibility index (Phi) is 3.76. The van der Waals surface area contributed by atoms with Gasteiger partial charge in [-0.25, -0.2) is 4.79 Å². The molecule has 1 amide bonds. The lowest BCUT2D eigenvalue weighted by Gasteiger charge is -2.36. The van der Waals surface area contributed by atoms with E-state index in [-0.39, 0.29) is 11.9 Å². The minimum atomic E-state index is -0.937. The Bertz CT molecular complexity index is 522. The highest BCUT2D eigenvalue weighted by molar-refractivity contribution is 7.10. The van der Waals surface area contributed by atoms with Crippen molar-refractivity contribution in [1.82, 2.24) is 10.2 Å². The van der Waals surface area contributed by atoms with Crippen LogP contribution in [0.2, 0.25) is 0 Å². The molecule has 1 saturated heterocycles. The molecule has 3 heterocycles. The van der Waals surface area contributed by atoms with Gasteiger partial charge in [0.05, 0.1) is 6.04 Å². The first-order chi connectivity index (χ1) is 9.68. The summed E-state index contributed by atoms with van der Waals surface area (Å²) in [6.45, 7) is 1.34. The molecule has 2 aliphatic heterocycles. The summed E-state index contributed by atoms with van der Waals surface area (Å²) in [7, 11) is 0. The molecular formula is C14H18N2O3S. The van der Waals surface area contributed by atoms with E-state index in [1.807, 2.05) is 11.4 Å². The number of amides is 1. The highest BCUT2D eigenvalue weighted by Gasteiger charge is 2.39. The second-order valence-corrected chi connectivity index (χ2v) is 6.32. The molecule has 0 spiro atoms. The summed E-state index contributed by atoms with van der Waals surface area (Å²) in [5.74, 6) is -0.998. The molecule has 20 heavy (non-hydrogen) atoms. The Morgan fingerprint density at radius 3 is 2.95 bits per heavy atom. The lowest BCUT2D eigenvalue weighted by Crippen LogP contribution is -2.52. The number of carboxylic acid groups (broad SMARTS) is 1. The second kappa shape index (κ2) is 5.54. The van der Waals surface area contributed by atoms with Gasteiger partial charge in [-0.15, -0.1) is 11.3 Å². The summed E-state index contributed by atoms with van der Waals surface area (Å²) < 4.78 is 0. The summed E-state index contributed by atoms with van der Waals surface area (Å²) in [6, 6.07) is 0.805. The third kappa shape index (κ3) is 2.33. The Hall–Kier alpha value is -1.40. The van der Waals surface area contributed by atoms with Gasteiger partial charge in [-0.1, -0.05) is 6.42 Å². The van der Waals surface area contributed by atoms with Crippen LogP contribution in [0.5, 0.6) is 0 Å². The molecule has 2 atom stereocenters. The van der Waals surface area contributed by atoms with Crippen LogP contribution in [0.4, 0.5) is 0 Å². The van der Waals surface area contributed by atoms with Crippen molar-refractivity contribution in [3.05, 3.63) is 21.9 Å². The van der Waals surface area contributed by atoms with Gasteiger partial charge >= 0.3 is 5.97 Å². The molecule has 6 heteroatoms. The van der Waals surface area contributed by atoms with Crippen LogP contribution in [0.1, 0.15) is 35.7 Å². The normalized spacial score (nSPS) is 26.1. The lowest BCUT2D eigenvalue weighted by atomic mass is 9.97. The fraction of sp³-hybridized carbons (Fsp3) is 0.571. The molecule has 5 nitrogen and oxygen atoms in total. The fourth-order valence-electron chi connectivity index (χ4n) is 3.08. The Morgan fingerprint density at radius 2 is 2.25 bits per heavy atom. The number of carboxylic acids is 1. The number of nitrogens with one attached hydrogen (secondary N) is 1. The molecule has 2 unspecified atom stereocenters. The van der Waals surface area contributed by atoms with Gasteiger partial charge in [-0.3, -0.25) is 4.79 Å². The van der Waals surface area contributed by atoms with Crippen LogP contribution in [-0.4, -0.2) is 41.0 Å². The molecule has 2 N–H and O–H groups in total. The average Bonchev–Trinajstić information content (AvgIpc) is 2.94. The first-order valence-corrected chi connectivity index (χ1v) is 7.89. The van der Waals surface area contributed by atoms with Gasteiger partial charge in [-0.2, -0.15) is 0 Å². The van der Waals surface area contributed by atoms with Crippen molar-refractivity contribution in [1.29, 1.82) is 0 Å². The zero-order valence-corrected chi connectivity index (χ0v) is 12.0. The summed E-state index contributed by atoms with van der Waals surface area (Å²) in [6.07, 6.45) is 3.67. The third-order valence-electron chi connectivity index (χ3n) is 4.09. The van der Waals surface area contributed by atoms with Crippen LogP contribution < -0.4 is 5.32 Å². The first kappa shape index (κ1) is 13.6. The molecule has 0 saturated carbocycles. The van der Waals surface area contributed by atoms with Crippen molar-refractivity contribution < 1.29 is 14.7 Å². The highest BCUT2D eigenvalue weighted by Crippen LogP contribution is 2.34. The quantitative estimate of drug-likeness (QED) is 0.865. The van der Waals surface area contributed by atoms with Gasteiger partial charge in [0.25, 0.3) is 0 Å². The molecule has 1 aromatic heterocycles. The molecule has 0 bridgehead atoms. The maximum absolute atomic E-state index is 12.6. The van der Waals surface area contributed by atoms with Gasteiger partial charge in [0.2, 0.25) is 5.91 Å². The number of aliphatic carboxylic acids is 1. The predicted molar refractivity (Wildman–Crippen MR) is 75.8 cm³/mol. The second-order valence-electron chi connectivity index (χ2n) is 5.32. The topological polar surface area (TPSA) is 69.6 Å². The molecule has 1 fully saturated rings. The molecule has 3 rings (SSSR count). The minimum absolute atomic E-state index is 0.0612. The maximum atomic E-state index is 12.6. The molecule has 2 aliphatic rings. The highest BCUT2D eigenvalue weighted by atomic mass is 32.1. The average molecular weight is 294 g/mol.